The molecule has 0 fully saturated rings. The SMILES string of the molecule is SP(S)CCP(S)S. The van der Waals surface area contributed by atoms with Crippen molar-refractivity contribution in [3.8, 4) is 0 Å². The summed E-state index contributed by atoms with van der Waals surface area (Å²) in [6.45, 7) is 0. The zero-order chi connectivity index (χ0) is 6.57. The minimum atomic E-state index is -0.326. The highest BCUT2D eigenvalue weighted by molar-refractivity contribution is 8.79. The van der Waals surface area contributed by atoms with E-state index < -0.39 is 0 Å². The molecule has 0 atom stereocenters. The monoisotopic (exact) mass is 222 g/mol. The Morgan fingerprint density at radius 1 is 0.750 bits per heavy atom. The zero-order valence-corrected chi connectivity index (χ0v) is 9.46. The summed E-state index contributed by atoms with van der Waals surface area (Å²) in [6, 6.07) is 0. The van der Waals surface area contributed by atoms with Crippen LogP contribution in [-0.2, 0) is 0 Å². The van der Waals surface area contributed by atoms with Crippen molar-refractivity contribution in [1.82, 2.24) is 0 Å². The quantitative estimate of drug-likeness (QED) is 0.408. The van der Waals surface area contributed by atoms with Gasteiger partial charge in [-0.05, 0) is 12.3 Å². The maximum Gasteiger partial charge on any atom is 0.00605 e. The second-order valence-corrected chi connectivity index (χ2v) is 11.3. The normalized spacial score (nSPS) is 11.2. The minimum absolute atomic E-state index is 0.326. The molecule has 0 aliphatic heterocycles. The predicted molar refractivity (Wildman–Crippen MR) is 59.5 cm³/mol. The lowest BCUT2D eigenvalue weighted by molar-refractivity contribution is 1.55. The molecule has 0 rings (SSSR count). The lowest BCUT2D eigenvalue weighted by Crippen LogP contribution is -1.76. The third-order valence-electron chi connectivity index (χ3n) is 0.500. The Morgan fingerprint density at radius 3 is 1.12 bits per heavy atom. The van der Waals surface area contributed by atoms with Crippen LogP contribution in [0.25, 0.3) is 0 Å². The van der Waals surface area contributed by atoms with Crippen LogP contribution in [0.5, 0.6) is 0 Å². The Kier molecular flexibility index (Phi) is 7.70. The topological polar surface area (TPSA) is 0 Å². The molecule has 0 aliphatic carbocycles. The van der Waals surface area contributed by atoms with Crippen LogP contribution in [0.15, 0.2) is 0 Å². The Labute approximate surface area is 73.7 Å². The molecule has 0 heterocycles. The molecule has 0 aromatic rings. The summed E-state index contributed by atoms with van der Waals surface area (Å²) in [7, 11) is 0. The van der Waals surface area contributed by atoms with Crippen LogP contribution < -0.4 is 0 Å². The molecule has 0 saturated carbocycles. The Morgan fingerprint density at radius 2 is 1.00 bits per heavy atom. The third-order valence-corrected chi connectivity index (χ3v) is 4.50. The average Bonchev–Trinajstić information content (AvgIpc) is 1.61. The fourth-order valence-corrected chi connectivity index (χ4v) is 4.83. The molecule has 0 aromatic heterocycles. The molecule has 0 aliphatic rings. The van der Waals surface area contributed by atoms with E-state index in [1.807, 2.05) is 0 Å². The van der Waals surface area contributed by atoms with Crippen molar-refractivity contribution in [3.05, 3.63) is 0 Å². The Balaban J connectivity index is 2.93. The molecule has 0 bridgehead atoms. The maximum absolute atomic E-state index is 4.14. The zero-order valence-electron chi connectivity index (χ0n) is 4.10. The maximum atomic E-state index is 4.14. The number of thiol groups is 4. The van der Waals surface area contributed by atoms with Gasteiger partial charge < -0.3 is 0 Å². The van der Waals surface area contributed by atoms with Crippen LogP contribution in [0.1, 0.15) is 0 Å². The van der Waals surface area contributed by atoms with Crippen LogP contribution in [-0.4, -0.2) is 12.3 Å². The van der Waals surface area contributed by atoms with Gasteiger partial charge >= 0.3 is 0 Å². The predicted octanol–water partition coefficient (Wildman–Crippen LogP) is 3.33. The first kappa shape index (κ1) is 10.3. The van der Waals surface area contributed by atoms with Crippen LogP contribution in [0, 0.1) is 0 Å². The lowest BCUT2D eigenvalue weighted by Gasteiger charge is -2.03. The summed E-state index contributed by atoms with van der Waals surface area (Å²) in [4.78, 5) is 0. The van der Waals surface area contributed by atoms with Crippen molar-refractivity contribution in [2.75, 3.05) is 12.3 Å². The van der Waals surface area contributed by atoms with E-state index in [0.29, 0.717) is 0 Å². The molecular formula is C2H8P2S4. The van der Waals surface area contributed by atoms with Gasteiger partial charge in [-0.15, -0.1) is 49.0 Å². The highest BCUT2D eigenvalue weighted by Crippen LogP contribution is 2.52. The van der Waals surface area contributed by atoms with E-state index in [1.165, 1.54) is 0 Å². The highest BCUT2D eigenvalue weighted by atomic mass is 33.1. The summed E-state index contributed by atoms with van der Waals surface area (Å²) in [5.74, 6) is 0. The fraction of sp³-hybridized carbons (Fsp3) is 1.00. The van der Waals surface area contributed by atoms with Gasteiger partial charge in [0.05, 0.1) is 0 Å². The molecule has 0 nitrogen and oxygen atoms in total. The van der Waals surface area contributed by atoms with Gasteiger partial charge in [0.2, 0.25) is 0 Å². The molecule has 0 spiro atoms. The molecule has 0 aromatic carbocycles. The van der Waals surface area contributed by atoms with E-state index >= 15 is 0 Å². The molecule has 0 amide bonds. The van der Waals surface area contributed by atoms with E-state index in [9.17, 15) is 0 Å². The van der Waals surface area contributed by atoms with Gasteiger partial charge in [0.25, 0.3) is 0 Å². The molecule has 6 heteroatoms. The van der Waals surface area contributed by atoms with Gasteiger partial charge in [0.15, 0.2) is 0 Å². The van der Waals surface area contributed by atoms with E-state index in [4.69, 9.17) is 0 Å². The van der Waals surface area contributed by atoms with Crippen molar-refractivity contribution in [1.29, 1.82) is 0 Å². The van der Waals surface area contributed by atoms with Crippen molar-refractivity contribution in [3.63, 3.8) is 0 Å². The van der Waals surface area contributed by atoms with Crippen LogP contribution in [0.2, 0.25) is 0 Å². The first-order valence-corrected chi connectivity index (χ1v) is 9.60. The van der Waals surface area contributed by atoms with E-state index in [-0.39, 0.29) is 12.7 Å². The molecular weight excluding hydrogens is 214 g/mol. The molecule has 50 valence electrons. The van der Waals surface area contributed by atoms with Gasteiger partial charge in [-0.3, -0.25) is 0 Å². The van der Waals surface area contributed by atoms with Gasteiger partial charge in [0.1, 0.15) is 0 Å². The average molecular weight is 222 g/mol. The molecule has 0 N–H and O–H groups in total. The van der Waals surface area contributed by atoms with Gasteiger partial charge in [-0.2, -0.15) is 0 Å². The van der Waals surface area contributed by atoms with Crippen molar-refractivity contribution >= 4 is 61.6 Å². The van der Waals surface area contributed by atoms with Crippen LogP contribution in [0.3, 0.4) is 0 Å². The second kappa shape index (κ2) is 6.00. The van der Waals surface area contributed by atoms with Gasteiger partial charge in [-0.25, -0.2) is 0 Å². The van der Waals surface area contributed by atoms with E-state index in [1.54, 1.807) is 0 Å². The summed E-state index contributed by atoms with van der Waals surface area (Å²) in [5.41, 5.74) is 0. The molecule has 0 saturated heterocycles. The van der Waals surface area contributed by atoms with Gasteiger partial charge in [-0.1, -0.05) is 0 Å². The first-order valence-electron chi connectivity index (χ1n) is 1.93. The van der Waals surface area contributed by atoms with Crippen molar-refractivity contribution < 1.29 is 0 Å². The highest BCUT2D eigenvalue weighted by Gasteiger charge is 1.98. The van der Waals surface area contributed by atoms with Crippen LogP contribution in [0.4, 0.5) is 0 Å². The summed E-state index contributed by atoms with van der Waals surface area (Å²) in [6.07, 6.45) is 1.46. The largest absolute Gasteiger partial charge is 0.140 e. The van der Waals surface area contributed by atoms with E-state index in [0.717, 1.165) is 12.3 Å². The van der Waals surface area contributed by atoms with Gasteiger partial charge in [0, 0.05) is 12.7 Å². The van der Waals surface area contributed by atoms with Crippen LogP contribution >= 0.6 is 61.6 Å². The van der Waals surface area contributed by atoms with Crippen molar-refractivity contribution in [2.45, 2.75) is 0 Å². The standard InChI is InChI=1S/C2H8P2S4/c5-3(6)1-2-4(7)8/h5-8H,1-2H2. The minimum Gasteiger partial charge on any atom is -0.140 e. The Hall–Kier alpha value is 2.26. The van der Waals surface area contributed by atoms with Crippen molar-refractivity contribution in [2.24, 2.45) is 0 Å². The molecule has 8 heavy (non-hydrogen) atoms. The molecule has 0 unspecified atom stereocenters. The fourth-order valence-electron chi connectivity index (χ4n) is 0.179. The smallest absolute Gasteiger partial charge is 0.00605 e. The number of hydrogen-bond acceptors (Lipinski definition) is 4. The lowest BCUT2D eigenvalue weighted by atomic mass is 11.0. The first-order chi connectivity index (χ1) is 3.63. The third kappa shape index (κ3) is 8.26. The van der Waals surface area contributed by atoms with E-state index in [2.05, 4.69) is 49.0 Å². The Bertz CT molecular complexity index is 48.0. The summed E-state index contributed by atoms with van der Waals surface area (Å²) >= 11 is 16.6. The summed E-state index contributed by atoms with van der Waals surface area (Å²) in [5, 5.41) is 0. The number of hydrogen-bond donors (Lipinski definition) is 4. The number of rotatable bonds is 3. The molecule has 0 radical (unpaired) electrons. The second-order valence-electron chi connectivity index (χ2n) is 1.19. The summed E-state index contributed by atoms with van der Waals surface area (Å²) < 4.78 is 0.